The van der Waals surface area contributed by atoms with Gasteiger partial charge in [0, 0.05) is 5.56 Å². The van der Waals surface area contributed by atoms with Gasteiger partial charge in [0.1, 0.15) is 24.5 Å². The highest BCUT2D eigenvalue weighted by molar-refractivity contribution is 7.85. The van der Waals surface area contributed by atoms with Crippen LogP contribution in [0.5, 0.6) is 5.75 Å². The number of rotatable bonds is 6. The average Bonchev–Trinajstić information content (AvgIpc) is 2.72. The quantitative estimate of drug-likeness (QED) is 0.640. The van der Waals surface area contributed by atoms with Crippen molar-refractivity contribution in [3.8, 4) is 5.75 Å². The number of aromatic carboxylic acids is 1. The number of hydrogen-bond donors (Lipinski definition) is 1. The van der Waals surface area contributed by atoms with Gasteiger partial charge in [-0.05, 0) is 19.1 Å². The summed E-state index contributed by atoms with van der Waals surface area (Å²) in [6, 6.07) is 4.94. The van der Waals surface area contributed by atoms with Crippen molar-refractivity contribution >= 4 is 27.1 Å². The monoisotopic (exact) mass is 314 g/mol. The van der Waals surface area contributed by atoms with Crippen LogP contribution in [-0.2, 0) is 14.3 Å². The molecule has 1 heterocycles. The molecule has 2 aromatic rings. The van der Waals surface area contributed by atoms with Crippen LogP contribution in [-0.4, -0.2) is 39.0 Å². The Kier molecular flexibility index (Phi) is 4.19. The second kappa shape index (κ2) is 5.74. The zero-order valence-corrected chi connectivity index (χ0v) is 12.3. The van der Waals surface area contributed by atoms with Gasteiger partial charge in [-0.15, -0.1) is 0 Å². The summed E-state index contributed by atoms with van der Waals surface area (Å²) in [7, 11) is -3.51. The van der Waals surface area contributed by atoms with E-state index in [0.29, 0.717) is 22.3 Å². The predicted molar refractivity (Wildman–Crippen MR) is 74.2 cm³/mol. The van der Waals surface area contributed by atoms with Crippen LogP contribution in [0.2, 0.25) is 0 Å². The molecule has 21 heavy (non-hydrogen) atoms. The number of carboxylic acids is 1. The third kappa shape index (κ3) is 3.53. The van der Waals surface area contributed by atoms with Crippen LogP contribution in [0.25, 0.3) is 11.0 Å². The summed E-state index contributed by atoms with van der Waals surface area (Å²) in [6.07, 6.45) is 0.951. The van der Waals surface area contributed by atoms with Gasteiger partial charge in [0.05, 0.1) is 11.6 Å². The Morgan fingerprint density at radius 2 is 2.05 bits per heavy atom. The molecular formula is C13H14O7S. The molecule has 0 amide bonds. The Balaban J connectivity index is 2.22. The number of furan rings is 1. The van der Waals surface area contributed by atoms with Crippen molar-refractivity contribution in [2.75, 3.05) is 19.5 Å². The largest absolute Gasteiger partial charge is 0.490 e. The molecule has 2 rings (SSSR count). The molecule has 0 unspecified atom stereocenters. The fourth-order valence-electron chi connectivity index (χ4n) is 1.93. The van der Waals surface area contributed by atoms with Crippen molar-refractivity contribution in [3.63, 3.8) is 0 Å². The van der Waals surface area contributed by atoms with Crippen LogP contribution in [0, 0.1) is 6.92 Å². The van der Waals surface area contributed by atoms with Crippen LogP contribution in [0.3, 0.4) is 0 Å². The average molecular weight is 314 g/mol. The third-order valence-electron chi connectivity index (χ3n) is 2.75. The number of benzene rings is 1. The topological polar surface area (TPSA) is 103 Å². The van der Waals surface area contributed by atoms with Crippen molar-refractivity contribution in [2.24, 2.45) is 0 Å². The van der Waals surface area contributed by atoms with Gasteiger partial charge >= 0.3 is 5.97 Å². The molecule has 0 aliphatic rings. The maximum atomic E-state index is 11.1. The van der Waals surface area contributed by atoms with Crippen LogP contribution in [0.15, 0.2) is 22.6 Å². The SMILES string of the molecule is Cc1c(C(=O)O)oc2cccc(OCCOS(C)(=O)=O)c12. The Bertz CT molecular complexity index is 773. The van der Waals surface area contributed by atoms with Gasteiger partial charge in [-0.1, -0.05) is 6.07 Å². The van der Waals surface area contributed by atoms with E-state index in [-0.39, 0.29) is 19.0 Å². The number of hydrogen-bond acceptors (Lipinski definition) is 6. The van der Waals surface area contributed by atoms with E-state index < -0.39 is 16.1 Å². The number of ether oxygens (including phenoxy) is 1. The molecule has 7 nitrogen and oxygen atoms in total. The lowest BCUT2D eigenvalue weighted by Gasteiger charge is -2.07. The van der Waals surface area contributed by atoms with Gasteiger partial charge in [0.25, 0.3) is 10.1 Å². The fraction of sp³-hybridized carbons (Fsp3) is 0.308. The molecule has 0 saturated carbocycles. The normalized spacial score (nSPS) is 11.7. The van der Waals surface area contributed by atoms with E-state index in [2.05, 4.69) is 4.18 Å². The van der Waals surface area contributed by atoms with Gasteiger partial charge in [-0.3, -0.25) is 4.18 Å². The molecule has 0 aliphatic carbocycles. The molecule has 8 heteroatoms. The van der Waals surface area contributed by atoms with Crippen molar-refractivity contribution in [1.29, 1.82) is 0 Å². The van der Waals surface area contributed by atoms with Gasteiger partial charge in [0.2, 0.25) is 5.76 Å². The molecular weight excluding hydrogens is 300 g/mol. The Morgan fingerprint density at radius 3 is 2.67 bits per heavy atom. The standard InChI is InChI=1S/C13H14O7S/c1-8-11-9(18-6-7-19-21(2,16)17)4-3-5-10(11)20-12(8)13(14)15/h3-5H,6-7H2,1-2H3,(H,14,15). The zero-order valence-electron chi connectivity index (χ0n) is 11.5. The summed E-state index contributed by atoms with van der Waals surface area (Å²) in [5, 5.41) is 9.59. The number of aryl methyl sites for hydroxylation is 1. The van der Waals surface area contributed by atoms with Crippen molar-refractivity contribution < 1.29 is 31.7 Å². The molecule has 0 fully saturated rings. The fourth-order valence-corrected chi connectivity index (χ4v) is 2.30. The lowest BCUT2D eigenvalue weighted by Crippen LogP contribution is -2.11. The lowest BCUT2D eigenvalue weighted by atomic mass is 10.1. The van der Waals surface area contributed by atoms with E-state index >= 15 is 0 Å². The summed E-state index contributed by atoms with van der Waals surface area (Å²) in [5.74, 6) is -0.887. The number of fused-ring (bicyclic) bond motifs is 1. The highest BCUT2D eigenvalue weighted by Gasteiger charge is 2.19. The molecule has 0 atom stereocenters. The van der Waals surface area contributed by atoms with Gasteiger partial charge in [-0.25, -0.2) is 4.79 Å². The summed E-state index contributed by atoms with van der Waals surface area (Å²) in [5.41, 5.74) is 0.851. The minimum atomic E-state index is -3.51. The van der Waals surface area contributed by atoms with Gasteiger partial charge in [-0.2, -0.15) is 8.42 Å². The molecule has 0 bridgehead atoms. The first-order valence-corrected chi connectivity index (χ1v) is 7.84. The van der Waals surface area contributed by atoms with E-state index in [1.165, 1.54) is 0 Å². The molecule has 0 spiro atoms. The van der Waals surface area contributed by atoms with Crippen molar-refractivity contribution in [2.45, 2.75) is 6.92 Å². The Morgan fingerprint density at radius 1 is 1.33 bits per heavy atom. The first-order chi connectivity index (χ1) is 9.79. The van der Waals surface area contributed by atoms with Gasteiger partial charge < -0.3 is 14.3 Å². The lowest BCUT2D eigenvalue weighted by molar-refractivity contribution is 0.0664. The summed E-state index contributed by atoms with van der Waals surface area (Å²) in [6.45, 7) is 1.51. The summed E-state index contributed by atoms with van der Waals surface area (Å²) < 4.78 is 36.9. The van der Waals surface area contributed by atoms with E-state index in [4.69, 9.17) is 14.3 Å². The van der Waals surface area contributed by atoms with E-state index in [9.17, 15) is 13.2 Å². The molecule has 1 aromatic carbocycles. The summed E-state index contributed by atoms with van der Waals surface area (Å²) in [4.78, 5) is 11.1. The number of carbonyl (C=O) groups is 1. The molecule has 1 aromatic heterocycles. The highest BCUT2D eigenvalue weighted by atomic mass is 32.2. The molecule has 1 N–H and O–H groups in total. The summed E-state index contributed by atoms with van der Waals surface area (Å²) >= 11 is 0. The first-order valence-electron chi connectivity index (χ1n) is 6.02. The van der Waals surface area contributed by atoms with Crippen LogP contribution in [0.1, 0.15) is 16.1 Å². The second-order valence-corrected chi connectivity index (χ2v) is 6.01. The highest BCUT2D eigenvalue weighted by Crippen LogP contribution is 2.33. The van der Waals surface area contributed by atoms with E-state index in [1.807, 2.05) is 0 Å². The minimum Gasteiger partial charge on any atom is -0.490 e. The minimum absolute atomic E-state index is 0.0131. The van der Waals surface area contributed by atoms with Crippen LogP contribution in [0.4, 0.5) is 0 Å². The van der Waals surface area contributed by atoms with Crippen LogP contribution >= 0.6 is 0 Å². The predicted octanol–water partition coefficient (Wildman–Crippen LogP) is 1.79. The maximum Gasteiger partial charge on any atom is 0.372 e. The third-order valence-corrected chi connectivity index (χ3v) is 3.34. The molecule has 0 saturated heterocycles. The zero-order chi connectivity index (χ0) is 15.6. The Hall–Kier alpha value is -2.06. The van der Waals surface area contributed by atoms with Gasteiger partial charge in [0.15, 0.2) is 0 Å². The van der Waals surface area contributed by atoms with E-state index in [1.54, 1.807) is 25.1 Å². The van der Waals surface area contributed by atoms with E-state index in [0.717, 1.165) is 6.26 Å². The first kappa shape index (κ1) is 15.3. The second-order valence-electron chi connectivity index (χ2n) is 4.37. The number of carboxylic acid groups (broad SMARTS) is 1. The molecule has 0 radical (unpaired) electrons. The molecule has 0 aliphatic heterocycles. The van der Waals surface area contributed by atoms with Crippen LogP contribution < -0.4 is 4.74 Å². The molecule has 114 valence electrons. The Labute approximate surface area is 121 Å². The van der Waals surface area contributed by atoms with Crippen molar-refractivity contribution in [3.05, 3.63) is 29.5 Å². The smallest absolute Gasteiger partial charge is 0.372 e. The van der Waals surface area contributed by atoms with Crippen molar-refractivity contribution in [1.82, 2.24) is 0 Å². The maximum absolute atomic E-state index is 11.1.